The summed E-state index contributed by atoms with van der Waals surface area (Å²) in [6.45, 7) is 1.77. The third-order valence-corrected chi connectivity index (χ3v) is 0.871. The van der Waals surface area contributed by atoms with E-state index in [1.807, 2.05) is 0 Å². The van der Waals surface area contributed by atoms with E-state index in [0.717, 1.165) is 0 Å². The fourth-order valence-electron chi connectivity index (χ4n) is 0.500. The molecule has 1 aromatic rings. The van der Waals surface area contributed by atoms with Crippen LogP contribution in [0.2, 0.25) is 0 Å². The summed E-state index contributed by atoms with van der Waals surface area (Å²) in [6.07, 6.45) is 1.59. The zero-order valence-corrected chi connectivity index (χ0v) is 5.03. The van der Waals surface area contributed by atoms with Crippen molar-refractivity contribution in [3.8, 4) is 5.88 Å². The van der Waals surface area contributed by atoms with Gasteiger partial charge in [-0.25, -0.2) is 4.98 Å². The van der Waals surface area contributed by atoms with Gasteiger partial charge in [0.15, 0.2) is 0 Å². The topological polar surface area (TPSA) is 61.0 Å². The Morgan fingerprint density at radius 3 is 2.89 bits per heavy atom. The van der Waals surface area contributed by atoms with Crippen molar-refractivity contribution in [2.45, 2.75) is 6.92 Å². The average molecular weight is 125 g/mol. The second-order valence-corrected chi connectivity index (χ2v) is 1.56. The summed E-state index contributed by atoms with van der Waals surface area (Å²) in [5, 5.41) is 0. The highest BCUT2D eigenvalue weighted by molar-refractivity contribution is 5.06. The van der Waals surface area contributed by atoms with Crippen LogP contribution in [0.25, 0.3) is 0 Å². The molecule has 4 heteroatoms. The first-order valence-electron chi connectivity index (χ1n) is 2.49. The van der Waals surface area contributed by atoms with Gasteiger partial charge in [-0.2, -0.15) is 10.9 Å². The molecule has 4 nitrogen and oxygen atoms in total. The van der Waals surface area contributed by atoms with Crippen LogP contribution in [-0.4, -0.2) is 9.97 Å². The minimum Gasteiger partial charge on any atom is -0.391 e. The fourth-order valence-corrected chi connectivity index (χ4v) is 0.500. The molecule has 0 amide bonds. The maximum atomic E-state index is 4.83. The minimum atomic E-state index is 0.391. The highest BCUT2D eigenvalue weighted by Crippen LogP contribution is 2.00. The van der Waals surface area contributed by atoms with E-state index in [4.69, 9.17) is 5.90 Å². The lowest BCUT2D eigenvalue weighted by atomic mass is 10.6. The molecule has 48 valence electrons. The molecule has 0 aliphatic heterocycles. The largest absolute Gasteiger partial charge is 0.391 e. The maximum Gasteiger partial charge on any atom is 0.240 e. The van der Waals surface area contributed by atoms with Crippen molar-refractivity contribution in [2.75, 3.05) is 0 Å². The van der Waals surface area contributed by atoms with Gasteiger partial charge < -0.3 is 4.84 Å². The minimum absolute atomic E-state index is 0.391. The molecule has 0 saturated carbocycles. The molecule has 2 N–H and O–H groups in total. The van der Waals surface area contributed by atoms with E-state index in [-0.39, 0.29) is 0 Å². The van der Waals surface area contributed by atoms with Crippen LogP contribution in [0.15, 0.2) is 12.3 Å². The first kappa shape index (κ1) is 5.97. The summed E-state index contributed by atoms with van der Waals surface area (Å²) < 4.78 is 0. The second-order valence-electron chi connectivity index (χ2n) is 1.56. The van der Waals surface area contributed by atoms with Crippen molar-refractivity contribution in [3.63, 3.8) is 0 Å². The quantitative estimate of drug-likeness (QED) is 0.538. The highest BCUT2D eigenvalue weighted by atomic mass is 16.6. The smallest absolute Gasteiger partial charge is 0.240 e. The predicted molar refractivity (Wildman–Crippen MR) is 31.6 cm³/mol. The SMILES string of the molecule is Cc1nccc(ON)n1. The van der Waals surface area contributed by atoms with Gasteiger partial charge in [-0.1, -0.05) is 0 Å². The lowest BCUT2D eigenvalue weighted by Crippen LogP contribution is -2.04. The lowest BCUT2D eigenvalue weighted by molar-refractivity contribution is 0.319. The number of nitrogens with zero attached hydrogens (tertiary/aromatic N) is 2. The van der Waals surface area contributed by atoms with Crippen molar-refractivity contribution >= 4 is 0 Å². The van der Waals surface area contributed by atoms with Crippen molar-refractivity contribution < 1.29 is 4.84 Å². The molecule has 1 rings (SSSR count). The number of hydrogen-bond donors (Lipinski definition) is 1. The molecule has 0 aliphatic carbocycles. The molecule has 0 radical (unpaired) electrons. The van der Waals surface area contributed by atoms with Gasteiger partial charge in [0, 0.05) is 12.3 Å². The first-order valence-corrected chi connectivity index (χ1v) is 2.49. The molecule has 0 aliphatic rings. The molecule has 0 saturated heterocycles. The summed E-state index contributed by atoms with van der Waals surface area (Å²) in [4.78, 5) is 12.0. The van der Waals surface area contributed by atoms with E-state index < -0.39 is 0 Å². The maximum absolute atomic E-state index is 4.83. The van der Waals surface area contributed by atoms with Crippen LogP contribution < -0.4 is 10.7 Å². The van der Waals surface area contributed by atoms with Gasteiger partial charge in [-0.05, 0) is 6.92 Å². The number of aryl methyl sites for hydroxylation is 1. The van der Waals surface area contributed by atoms with Gasteiger partial charge in [0.1, 0.15) is 5.82 Å². The van der Waals surface area contributed by atoms with Gasteiger partial charge in [0.25, 0.3) is 0 Å². The molecule has 0 atom stereocenters. The molecular formula is C5H7N3O. The molecule has 1 heterocycles. The van der Waals surface area contributed by atoms with Gasteiger partial charge >= 0.3 is 0 Å². The second kappa shape index (κ2) is 2.41. The Kier molecular flexibility index (Phi) is 1.60. The Morgan fingerprint density at radius 2 is 2.44 bits per heavy atom. The van der Waals surface area contributed by atoms with Gasteiger partial charge in [-0.15, -0.1) is 0 Å². The molecule has 0 aromatic carbocycles. The van der Waals surface area contributed by atoms with Crippen LogP contribution in [0.4, 0.5) is 0 Å². The van der Waals surface area contributed by atoms with E-state index in [9.17, 15) is 0 Å². The van der Waals surface area contributed by atoms with E-state index >= 15 is 0 Å². The normalized spacial score (nSPS) is 9.11. The molecule has 0 fully saturated rings. The number of nitrogens with two attached hydrogens (primary N) is 1. The summed E-state index contributed by atoms with van der Waals surface area (Å²) in [7, 11) is 0. The lowest BCUT2D eigenvalue weighted by Gasteiger charge is -1.94. The van der Waals surface area contributed by atoms with Crippen LogP contribution in [-0.2, 0) is 0 Å². The molecule has 0 unspecified atom stereocenters. The molecule has 9 heavy (non-hydrogen) atoms. The van der Waals surface area contributed by atoms with Crippen LogP contribution in [0, 0.1) is 6.92 Å². The van der Waals surface area contributed by atoms with E-state index in [0.29, 0.717) is 11.7 Å². The van der Waals surface area contributed by atoms with Crippen LogP contribution in [0.5, 0.6) is 5.88 Å². The highest BCUT2D eigenvalue weighted by Gasteiger charge is 1.90. The Balaban J connectivity index is 2.94. The van der Waals surface area contributed by atoms with E-state index in [1.54, 1.807) is 19.2 Å². The van der Waals surface area contributed by atoms with Gasteiger partial charge in [-0.3, -0.25) is 0 Å². The predicted octanol–water partition coefficient (Wildman–Crippen LogP) is 0.0375. The zero-order chi connectivity index (χ0) is 6.69. The number of rotatable bonds is 1. The molecule has 1 aromatic heterocycles. The third kappa shape index (κ3) is 1.36. The van der Waals surface area contributed by atoms with Gasteiger partial charge in [0.05, 0.1) is 0 Å². The Bertz CT molecular complexity index is 201. The van der Waals surface area contributed by atoms with E-state index in [2.05, 4.69) is 14.8 Å². The van der Waals surface area contributed by atoms with Crippen molar-refractivity contribution in [3.05, 3.63) is 18.1 Å². The standard InChI is InChI=1S/C5H7N3O/c1-4-7-3-2-5(8-4)9-6/h2-3H,6H2,1H3. The molecule has 0 bridgehead atoms. The molecule has 0 spiro atoms. The van der Waals surface area contributed by atoms with Gasteiger partial charge in [0.2, 0.25) is 5.88 Å². The van der Waals surface area contributed by atoms with Crippen LogP contribution in [0.3, 0.4) is 0 Å². The van der Waals surface area contributed by atoms with Crippen molar-refractivity contribution in [2.24, 2.45) is 5.90 Å². The van der Waals surface area contributed by atoms with E-state index in [1.165, 1.54) is 0 Å². The first-order chi connectivity index (χ1) is 4.33. The summed E-state index contributed by atoms with van der Waals surface area (Å²) >= 11 is 0. The average Bonchev–Trinajstić information content (AvgIpc) is 1.88. The Labute approximate surface area is 52.6 Å². The fraction of sp³-hybridized carbons (Fsp3) is 0.200. The van der Waals surface area contributed by atoms with Crippen LogP contribution in [0.1, 0.15) is 5.82 Å². The summed E-state index contributed by atoms with van der Waals surface area (Å²) in [5.41, 5.74) is 0. The van der Waals surface area contributed by atoms with Crippen molar-refractivity contribution in [1.82, 2.24) is 9.97 Å². The Hall–Kier alpha value is -1.16. The van der Waals surface area contributed by atoms with Crippen LogP contribution >= 0.6 is 0 Å². The Morgan fingerprint density at radius 1 is 1.67 bits per heavy atom. The number of hydrogen-bond acceptors (Lipinski definition) is 4. The van der Waals surface area contributed by atoms with Crippen molar-refractivity contribution in [1.29, 1.82) is 0 Å². The molecular weight excluding hydrogens is 118 g/mol. The summed E-state index contributed by atoms with van der Waals surface area (Å²) in [5.74, 6) is 5.87. The third-order valence-electron chi connectivity index (χ3n) is 0.871. The summed E-state index contributed by atoms with van der Waals surface area (Å²) in [6, 6.07) is 1.59. The monoisotopic (exact) mass is 125 g/mol. The number of aromatic nitrogens is 2. The zero-order valence-electron chi connectivity index (χ0n) is 5.03.